The number of fused-ring (bicyclic) bond motifs is 1. The number of ether oxygens (including phenoxy) is 2. The first-order valence-electron chi connectivity index (χ1n) is 7.51. The van der Waals surface area contributed by atoms with Crippen molar-refractivity contribution in [3.63, 3.8) is 0 Å². The van der Waals surface area contributed by atoms with Gasteiger partial charge < -0.3 is 13.9 Å². The lowest BCUT2D eigenvalue weighted by Crippen LogP contribution is -2.08. The Morgan fingerprint density at radius 2 is 2.04 bits per heavy atom. The standard InChI is InChI=1S/C19H17FO4/c1-12-3-5-15-14(11-23-18(15)7-12)9-19(21)24-10-13-4-6-17(22-2)16(20)8-13/h3-8,11H,9-10H2,1-2H3. The van der Waals surface area contributed by atoms with Crippen LogP contribution in [0.25, 0.3) is 11.0 Å². The highest BCUT2D eigenvalue weighted by atomic mass is 19.1. The molecule has 0 amide bonds. The van der Waals surface area contributed by atoms with Gasteiger partial charge in [-0.15, -0.1) is 0 Å². The van der Waals surface area contributed by atoms with E-state index >= 15 is 0 Å². The number of esters is 1. The van der Waals surface area contributed by atoms with Gasteiger partial charge in [0.25, 0.3) is 0 Å². The summed E-state index contributed by atoms with van der Waals surface area (Å²) in [5, 5.41) is 0.896. The number of hydrogen-bond donors (Lipinski definition) is 0. The highest BCUT2D eigenvalue weighted by Crippen LogP contribution is 2.23. The maximum absolute atomic E-state index is 13.6. The molecule has 4 nitrogen and oxygen atoms in total. The molecule has 0 aliphatic carbocycles. The van der Waals surface area contributed by atoms with E-state index in [0.29, 0.717) is 5.56 Å². The molecule has 0 spiro atoms. The van der Waals surface area contributed by atoms with Crippen molar-refractivity contribution in [3.8, 4) is 5.75 Å². The summed E-state index contributed by atoms with van der Waals surface area (Å²) in [4.78, 5) is 12.0. The Morgan fingerprint density at radius 1 is 1.21 bits per heavy atom. The van der Waals surface area contributed by atoms with Crippen LogP contribution in [0, 0.1) is 12.7 Å². The lowest BCUT2D eigenvalue weighted by atomic mass is 10.1. The zero-order chi connectivity index (χ0) is 17.1. The largest absolute Gasteiger partial charge is 0.494 e. The van der Waals surface area contributed by atoms with E-state index in [1.54, 1.807) is 12.3 Å². The van der Waals surface area contributed by atoms with Crippen LogP contribution in [0.5, 0.6) is 5.75 Å². The predicted octanol–water partition coefficient (Wildman–Crippen LogP) is 4.17. The summed E-state index contributed by atoms with van der Waals surface area (Å²) < 4.78 is 29.1. The average Bonchev–Trinajstić information content (AvgIpc) is 2.95. The monoisotopic (exact) mass is 328 g/mol. The number of aryl methyl sites for hydroxylation is 1. The normalized spacial score (nSPS) is 10.8. The smallest absolute Gasteiger partial charge is 0.310 e. The lowest BCUT2D eigenvalue weighted by molar-refractivity contribution is -0.144. The molecule has 0 aliphatic rings. The van der Waals surface area contributed by atoms with E-state index in [1.165, 1.54) is 19.2 Å². The van der Waals surface area contributed by atoms with Gasteiger partial charge in [-0.05, 0) is 36.2 Å². The van der Waals surface area contributed by atoms with Gasteiger partial charge in [0, 0.05) is 10.9 Å². The summed E-state index contributed by atoms with van der Waals surface area (Å²) in [6.45, 7) is 1.98. The number of methoxy groups -OCH3 is 1. The molecule has 0 bridgehead atoms. The SMILES string of the molecule is COc1ccc(COC(=O)Cc2coc3cc(C)ccc23)cc1F. The van der Waals surface area contributed by atoms with E-state index in [4.69, 9.17) is 13.9 Å². The Labute approximate surface area is 138 Å². The summed E-state index contributed by atoms with van der Waals surface area (Å²) in [5.41, 5.74) is 3.17. The third-order valence-corrected chi connectivity index (χ3v) is 3.76. The first-order chi connectivity index (χ1) is 11.6. The summed E-state index contributed by atoms with van der Waals surface area (Å²) in [5.74, 6) is -0.720. The molecular formula is C19H17FO4. The zero-order valence-electron chi connectivity index (χ0n) is 13.5. The summed E-state index contributed by atoms with van der Waals surface area (Å²) >= 11 is 0. The minimum Gasteiger partial charge on any atom is -0.494 e. The molecular weight excluding hydrogens is 311 g/mol. The van der Waals surface area contributed by atoms with Crippen LogP contribution in [0.2, 0.25) is 0 Å². The van der Waals surface area contributed by atoms with E-state index in [-0.39, 0.29) is 18.8 Å². The maximum atomic E-state index is 13.6. The van der Waals surface area contributed by atoms with Gasteiger partial charge in [-0.3, -0.25) is 4.79 Å². The molecule has 0 aliphatic heterocycles. The van der Waals surface area contributed by atoms with Crippen molar-refractivity contribution < 1.29 is 23.1 Å². The molecule has 0 atom stereocenters. The van der Waals surface area contributed by atoms with Gasteiger partial charge in [0.2, 0.25) is 0 Å². The second-order valence-electron chi connectivity index (χ2n) is 5.57. The van der Waals surface area contributed by atoms with Crippen molar-refractivity contribution >= 4 is 16.9 Å². The summed E-state index contributed by atoms with van der Waals surface area (Å²) in [7, 11) is 1.40. The van der Waals surface area contributed by atoms with Crippen molar-refractivity contribution in [2.75, 3.05) is 7.11 Å². The van der Waals surface area contributed by atoms with Crippen LogP contribution in [0.4, 0.5) is 4.39 Å². The Kier molecular flexibility index (Phi) is 4.51. The third kappa shape index (κ3) is 3.40. The number of rotatable bonds is 5. The van der Waals surface area contributed by atoms with Gasteiger partial charge in [0.15, 0.2) is 11.6 Å². The van der Waals surface area contributed by atoms with E-state index in [0.717, 1.165) is 22.1 Å². The molecule has 0 N–H and O–H groups in total. The summed E-state index contributed by atoms with van der Waals surface area (Å²) in [6.07, 6.45) is 1.67. The first-order valence-corrected chi connectivity index (χ1v) is 7.51. The lowest BCUT2D eigenvalue weighted by Gasteiger charge is -2.06. The molecule has 0 fully saturated rings. The second-order valence-corrected chi connectivity index (χ2v) is 5.57. The van der Waals surface area contributed by atoms with Gasteiger partial charge in [0.1, 0.15) is 12.2 Å². The number of halogens is 1. The van der Waals surface area contributed by atoms with Crippen LogP contribution in [0.1, 0.15) is 16.7 Å². The van der Waals surface area contributed by atoms with Crippen molar-refractivity contribution in [1.29, 1.82) is 0 Å². The minimum absolute atomic E-state index is 0.00857. The molecule has 1 aromatic heterocycles. The van der Waals surface area contributed by atoms with E-state index in [1.807, 2.05) is 25.1 Å². The van der Waals surface area contributed by atoms with Crippen LogP contribution >= 0.6 is 0 Å². The van der Waals surface area contributed by atoms with Crippen LogP contribution in [0.3, 0.4) is 0 Å². The number of furan rings is 1. The van der Waals surface area contributed by atoms with Crippen molar-refractivity contribution in [3.05, 3.63) is 65.2 Å². The molecule has 3 rings (SSSR count). The fourth-order valence-corrected chi connectivity index (χ4v) is 2.50. The molecule has 124 valence electrons. The molecule has 0 radical (unpaired) electrons. The van der Waals surface area contributed by atoms with Crippen LogP contribution in [-0.4, -0.2) is 13.1 Å². The van der Waals surface area contributed by atoms with Gasteiger partial charge in [-0.2, -0.15) is 0 Å². The van der Waals surface area contributed by atoms with Gasteiger partial charge >= 0.3 is 5.97 Å². The van der Waals surface area contributed by atoms with Crippen molar-refractivity contribution in [2.45, 2.75) is 20.0 Å². The first kappa shape index (κ1) is 16.1. The highest BCUT2D eigenvalue weighted by Gasteiger charge is 2.12. The number of carbonyl (C=O) groups is 1. The Hall–Kier alpha value is -2.82. The van der Waals surface area contributed by atoms with Crippen LogP contribution in [-0.2, 0) is 22.6 Å². The van der Waals surface area contributed by atoms with Gasteiger partial charge in [-0.1, -0.05) is 18.2 Å². The maximum Gasteiger partial charge on any atom is 0.310 e. The Balaban J connectivity index is 1.64. The Bertz CT molecular complexity index is 882. The molecule has 1 heterocycles. The number of carbonyl (C=O) groups excluding carboxylic acids is 1. The quantitative estimate of drug-likeness (QED) is 0.659. The number of benzene rings is 2. The highest BCUT2D eigenvalue weighted by molar-refractivity contribution is 5.86. The third-order valence-electron chi connectivity index (χ3n) is 3.76. The van der Waals surface area contributed by atoms with E-state index < -0.39 is 11.8 Å². The topological polar surface area (TPSA) is 48.7 Å². The number of hydrogen-bond acceptors (Lipinski definition) is 4. The Morgan fingerprint density at radius 3 is 2.79 bits per heavy atom. The fourth-order valence-electron chi connectivity index (χ4n) is 2.50. The second kappa shape index (κ2) is 6.74. The van der Waals surface area contributed by atoms with Gasteiger partial charge in [-0.25, -0.2) is 4.39 Å². The molecule has 0 saturated carbocycles. The van der Waals surface area contributed by atoms with E-state index in [9.17, 15) is 9.18 Å². The average molecular weight is 328 g/mol. The predicted molar refractivity (Wildman–Crippen MR) is 87.4 cm³/mol. The summed E-state index contributed by atoms with van der Waals surface area (Å²) in [6, 6.07) is 10.3. The molecule has 0 saturated heterocycles. The van der Waals surface area contributed by atoms with Crippen LogP contribution < -0.4 is 4.74 Å². The van der Waals surface area contributed by atoms with E-state index in [2.05, 4.69) is 0 Å². The molecule has 3 aromatic rings. The molecule has 0 unspecified atom stereocenters. The minimum atomic E-state index is -0.484. The van der Waals surface area contributed by atoms with Gasteiger partial charge in [0.05, 0.1) is 19.8 Å². The van der Waals surface area contributed by atoms with Crippen molar-refractivity contribution in [2.24, 2.45) is 0 Å². The molecule has 5 heteroatoms. The molecule has 2 aromatic carbocycles. The fraction of sp³-hybridized carbons (Fsp3) is 0.211. The van der Waals surface area contributed by atoms with Crippen molar-refractivity contribution in [1.82, 2.24) is 0 Å². The zero-order valence-corrected chi connectivity index (χ0v) is 13.5. The molecule has 24 heavy (non-hydrogen) atoms. The van der Waals surface area contributed by atoms with Crippen LogP contribution in [0.15, 0.2) is 47.1 Å².